The third-order valence-corrected chi connectivity index (χ3v) is 18.3. The van der Waals surface area contributed by atoms with Crippen LogP contribution in [0.4, 0.5) is 0 Å². The number of carbonyl (C=O) groups is 2. The van der Waals surface area contributed by atoms with E-state index in [0.717, 1.165) is 63.4 Å². The third-order valence-electron chi connectivity index (χ3n) is 18.3. The topological polar surface area (TPSA) is 268 Å². The molecule has 0 aromatic rings. The molecule has 0 amide bonds. The summed E-state index contributed by atoms with van der Waals surface area (Å²) in [6.07, 6.45) is -7.65. The van der Waals surface area contributed by atoms with E-state index < -0.39 is 123 Å². The minimum absolute atomic E-state index is 0.0126. The number of aliphatic hydroxyl groups excluding tert-OH is 6. The van der Waals surface area contributed by atoms with Gasteiger partial charge in [0, 0.05) is 37.7 Å². The molecule has 5 aliphatic heterocycles. The summed E-state index contributed by atoms with van der Waals surface area (Å²) in [6, 6.07) is 0. The maximum absolute atomic E-state index is 12.6. The van der Waals surface area contributed by atoms with Gasteiger partial charge < -0.3 is 83.1 Å². The zero-order chi connectivity index (χ0) is 48.6. The molecule has 0 bridgehead atoms. The SMILES string of the molecule is CC(=O)O[C@@H]1C[C@H](O[C@@H]2[C@H](O)C[C@@H](O[C@@H]3[C@H](O)C[C@@H](O[C@@H]4CC[C@@]5(C)[C@H](CC[C@@H]6[C@@H]5CC[C@]5(C)[C@@H](C7=CC(=O)OC7)CC[C@]65O)C4)O[C@@H]3C)O[C@@H]2C)O[C@H](C)[C@H]1O[C@H]1O[C@@H](CO)[C@H](O)[C@@H](O)[C@@H]1O. The highest BCUT2D eigenvalue weighted by atomic mass is 16.8. The summed E-state index contributed by atoms with van der Waals surface area (Å²) >= 11 is 0. The van der Waals surface area contributed by atoms with Gasteiger partial charge in [0.1, 0.15) is 55.4 Å². The lowest BCUT2D eigenvalue weighted by Crippen LogP contribution is -2.62. The number of rotatable bonds is 11. The Labute approximate surface area is 398 Å². The average molecular weight is 969 g/mol. The molecule has 19 heteroatoms. The molecule has 4 saturated heterocycles. The molecule has 0 unspecified atom stereocenters. The van der Waals surface area contributed by atoms with E-state index >= 15 is 0 Å². The quantitative estimate of drug-likeness (QED) is 0.115. The van der Waals surface area contributed by atoms with Crippen LogP contribution in [0.1, 0.15) is 119 Å². The van der Waals surface area contributed by atoms with Crippen LogP contribution in [-0.4, -0.2) is 177 Å². The molecule has 25 atom stereocenters. The van der Waals surface area contributed by atoms with Gasteiger partial charge in [-0.1, -0.05) is 13.8 Å². The summed E-state index contributed by atoms with van der Waals surface area (Å²) in [5.41, 5.74) is 0.0925. The summed E-state index contributed by atoms with van der Waals surface area (Å²) in [5.74, 6) is 0.357. The van der Waals surface area contributed by atoms with Crippen LogP contribution in [0.3, 0.4) is 0 Å². The van der Waals surface area contributed by atoms with Crippen LogP contribution in [0.25, 0.3) is 0 Å². The summed E-state index contributed by atoms with van der Waals surface area (Å²) < 4.78 is 60.2. The first-order valence-corrected chi connectivity index (χ1v) is 25.2. The highest BCUT2D eigenvalue weighted by Gasteiger charge is 2.68. The van der Waals surface area contributed by atoms with Gasteiger partial charge in [0.25, 0.3) is 0 Å². The lowest BCUT2D eigenvalue weighted by Gasteiger charge is -2.64. The Morgan fingerprint density at radius 2 is 1.34 bits per heavy atom. The first kappa shape index (κ1) is 51.0. The summed E-state index contributed by atoms with van der Waals surface area (Å²) in [7, 11) is 0. The van der Waals surface area contributed by atoms with Crippen molar-refractivity contribution in [3.05, 3.63) is 11.6 Å². The molecule has 19 nitrogen and oxygen atoms in total. The highest BCUT2D eigenvalue weighted by Crippen LogP contribution is 2.70. The lowest BCUT2D eigenvalue weighted by molar-refractivity contribution is -0.355. The van der Waals surface area contributed by atoms with E-state index in [1.165, 1.54) is 6.92 Å². The van der Waals surface area contributed by atoms with E-state index in [4.69, 9.17) is 47.4 Å². The molecule has 4 saturated carbocycles. The highest BCUT2D eigenvalue weighted by molar-refractivity contribution is 5.85. The van der Waals surface area contributed by atoms with Crippen LogP contribution in [0.5, 0.6) is 0 Å². The van der Waals surface area contributed by atoms with E-state index in [9.17, 15) is 45.3 Å². The van der Waals surface area contributed by atoms with E-state index in [1.54, 1.807) is 19.9 Å². The molecule has 0 radical (unpaired) electrons. The van der Waals surface area contributed by atoms with Crippen LogP contribution >= 0.6 is 0 Å². The monoisotopic (exact) mass is 968 g/mol. The van der Waals surface area contributed by atoms with Gasteiger partial charge in [-0.25, -0.2) is 4.79 Å². The minimum atomic E-state index is -1.68. The third kappa shape index (κ3) is 9.36. The van der Waals surface area contributed by atoms with Crippen LogP contribution < -0.4 is 0 Å². The number of aliphatic hydroxyl groups is 7. The molecular weight excluding hydrogens is 893 g/mol. The first-order valence-electron chi connectivity index (χ1n) is 25.2. The van der Waals surface area contributed by atoms with Crippen molar-refractivity contribution in [2.75, 3.05) is 13.2 Å². The fourth-order valence-corrected chi connectivity index (χ4v) is 14.6. The molecule has 386 valence electrons. The zero-order valence-corrected chi connectivity index (χ0v) is 40.2. The Kier molecular flexibility index (Phi) is 14.9. The summed E-state index contributed by atoms with van der Waals surface area (Å²) in [4.78, 5) is 24.2. The smallest absolute Gasteiger partial charge is 0.331 e. The molecule has 68 heavy (non-hydrogen) atoms. The largest absolute Gasteiger partial charge is 0.459 e. The number of fused-ring (bicyclic) bond motifs is 5. The van der Waals surface area contributed by atoms with Crippen molar-refractivity contribution in [1.29, 1.82) is 0 Å². The maximum Gasteiger partial charge on any atom is 0.331 e. The van der Waals surface area contributed by atoms with E-state index in [1.807, 2.05) is 6.92 Å². The summed E-state index contributed by atoms with van der Waals surface area (Å²) in [6.45, 7) is 10.8. The molecule has 7 N–H and O–H groups in total. The lowest BCUT2D eigenvalue weighted by atomic mass is 9.43. The fraction of sp³-hybridized carbons (Fsp3) is 0.918. The number of esters is 2. The number of carbonyl (C=O) groups excluding carboxylic acids is 2. The number of ether oxygens (including phenoxy) is 10. The second-order valence-electron chi connectivity index (χ2n) is 22.1. The van der Waals surface area contributed by atoms with Crippen LogP contribution in [0, 0.1) is 34.5 Å². The van der Waals surface area contributed by atoms with E-state index in [2.05, 4.69) is 13.8 Å². The Balaban J connectivity index is 0.746. The maximum atomic E-state index is 12.6. The fourth-order valence-electron chi connectivity index (χ4n) is 14.6. The van der Waals surface area contributed by atoms with Gasteiger partial charge in [-0.3, -0.25) is 4.79 Å². The van der Waals surface area contributed by atoms with E-state index in [0.29, 0.717) is 18.4 Å². The minimum Gasteiger partial charge on any atom is -0.459 e. The molecular formula is C49H76O19. The van der Waals surface area contributed by atoms with Crippen molar-refractivity contribution in [2.45, 2.75) is 235 Å². The van der Waals surface area contributed by atoms with Gasteiger partial charge in [-0.15, -0.1) is 0 Å². The van der Waals surface area contributed by atoms with Crippen LogP contribution in [0.2, 0.25) is 0 Å². The van der Waals surface area contributed by atoms with Gasteiger partial charge >= 0.3 is 11.9 Å². The van der Waals surface area contributed by atoms with Gasteiger partial charge in [0.2, 0.25) is 0 Å². The second-order valence-corrected chi connectivity index (χ2v) is 22.1. The van der Waals surface area contributed by atoms with Gasteiger partial charge in [-0.05, 0) is 113 Å². The Morgan fingerprint density at radius 1 is 0.706 bits per heavy atom. The first-order chi connectivity index (χ1) is 32.2. The average Bonchev–Trinajstić information content (AvgIpc) is 3.83. The number of hydrogen-bond acceptors (Lipinski definition) is 19. The molecule has 5 heterocycles. The zero-order valence-electron chi connectivity index (χ0n) is 40.2. The molecule has 0 aromatic heterocycles. The number of hydrogen-bond donors (Lipinski definition) is 7. The molecule has 9 rings (SSSR count). The molecule has 4 aliphatic carbocycles. The van der Waals surface area contributed by atoms with Crippen molar-refractivity contribution >= 4 is 11.9 Å². The van der Waals surface area contributed by atoms with Crippen molar-refractivity contribution in [3.8, 4) is 0 Å². The summed E-state index contributed by atoms with van der Waals surface area (Å²) in [5, 5.41) is 76.1. The standard InChI is InChI=1S/C49H76O19/c1-22-43(66-38-18-33(53)44(23(2)61-38)67-39-19-34(63-25(4)51)45(24(3)62-39)68-46-42(57)41(56)40(55)35(20-50)65-46)32(52)17-37(60-22)64-28-9-12-47(5)27(16-28)7-8-31-30(47)10-13-48(6)29(11-14-49(31,48)58)26-15-36(54)59-21-26/h15,22-24,27-35,37-46,50,52-53,55-58H,7-14,16-21H2,1-6H3/t22-,23-,24-,27-,28-,29-,30+,31-,32-,33-,34-,35+,37-,38-,39+,40+,41-,42+,43+,44+,45-,46-,47+,48-,49+/m1/s1. The Morgan fingerprint density at radius 3 is 1.94 bits per heavy atom. The predicted octanol–water partition coefficient (Wildman–Crippen LogP) is 1.64. The second kappa shape index (κ2) is 19.8. The van der Waals surface area contributed by atoms with Crippen LogP contribution in [-0.2, 0) is 57.0 Å². The van der Waals surface area contributed by atoms with Gasteiger partial charge in [0.15, 0.2) is 25.2 Å². The van der Waals surface area contributed by atoms with E-state index in [-0.39, 0.29) is 54.0 Å². The molecule has 8 fully saturated rings. The molecule has 9 aliphatic rings. The molecule has 0 aromatic carbocycles. The van der Waals surface area contributed by atoms with Crippen LogP contribution in [0.15, 0.2) is 11.6 Å². The predicted molar refractivity (Wildman–Crippen MR) is 233 cm³/mol. The van der Waals surface area contributed by atoms with Crippen molar-refractivity contribution in [3.63, 3.8) is 0 Å². The van der Waals surface area contributed by atoms with Gasteiger partial charge in [-0.2, -0.15) is 0 Å². The Bertz CT molecular complexity index is 1810. The normalized spacial score (nSPS) is 52.8. The van der Waals surface area contributed by atoms with Crippen molar-refractivity contribution in [1.82, 2.24) is 0 Å². The van der Waals surface area contributed by atoms with Crippen molar-refractivity contribution in [2.24, 2.45) is 34.5 Å². The molecule has 0 spiro atoms. The van der Waals surface area contributed by atoms with Crippen molar-refractivity contribution < 1.29 is 92.7 Å². The number of cyclic esters (lactones) is 1. The Hall–Kier alpha value is -1.92. The van der Waals surface area contributed by atoms with Gasteiger partial charge in [0.05, 0.1) is 48.8 Å².